The van der Waals surface area contributed by atoms with Crippen molar-refractivity contribution >= 4 is 17.2 Å². The molecular weight excluding hydrogens is 707 g/mol. The lowest BCUT2D eigenvalue weighted by atomic mass is 9.73. The van der Waals surface area contributed by atoms with Crippen LogP contribution in [0.2, 0.25) is 0 Å². The van der Waals surface area contributed by atoms with E-state index >= 15 is 0 Å². The molecule has 2 aromatic heterocycles. The molecule has 0 atom stereocenters. The molecular formula is C53H39N5. The summed E-state index contributed by atoms with van der Waals surface area (Å²) in [5.41, 5.74) is 13.5. The second-order valence-electron chi connectivity index (χ2n) is 15.2. The van der Waals surface area contributed by atoms with Crippen molar-refractivity contribution in [3.63, 3.8) is 0 Å². The highest BCUT2D eigenvalue weighted by molar-refractivity contribution is 5.92. The van der Waals surface area contributed by atoms with E-state index in [1.165, 1.54) is 11.1 Å². The maximum absolute atomic E-state index is 5.44. The summed E-state index contributed by atoms with van der Waals surface area (Å²) in [6, 6.07) is 67.7. The van der Waals surface area contributed by atoms with E-state index in [-0.39, 0.29) is 5.41 Å². The Hall–Kier alpha value is -7.50. The Labute approximate surface area is 339 Å². The van der Waals surface area contributed by atoms with Gasteiger partial charge in [0, 0.05) is 28.3 Å². The maximum atomic E-state index is 5.44. The molecule has 0 spiro atoms. The summed E-state index contributed by atoms with van der Waals surface area (Å²) in [7, 11) is 0. The smallest absolute Gasteiger partial charge is 0.167 e. The number of hydrogen-bond acceptors (Lipinski definition) is 5. The lowest BCUT2D eigenvalue weighted by Crippen LogP contribution is -2.31. The van der Waals surface area contributed by atoms with Crippen LogP contribution in [0.1, 0.15) is 25.0 Å². The molecule has 0 amide bonds. The quantitative estimate of drug-likeness (QED) is 0.163. The number of nitrogens with zero attached hydrogens (tertiary/aromatic N) is 5. The van der Waals surface area contributed by atoms with Crippen LogP contribution in [0.15, 0.2) is 200 Å². The lowest BCUT2D eigenvalue weighted by Gasteiger charge is -2.41. The van der Waals surface area contributed by atoms with Gasteiger partial charge in [0.25, 0.3) is 0 Å². The van der Waals surface area contributed by atoms with Crippen molar-refractivity contribution in [2.75, 3.05) is 4.90 Å². The third-order valence-corrected chi connectivity index (χ3v) is 11.1. The lowest BCUT2D eigenvalue weighted by molar-refractivity contribution is 0.631. The van der Waals surface area contributed by atoms with Crippen molar-refractivity contribution in [2.45, 2.75) is 19.3 Å². The van der Waals surface area contributed by atoms with Crippen molar-refractivity contribution < 1.29 is 0 Å². The molecule has 0 aliphatic carbocycles. The predicted octanol–water partition coefficient (Wildman–Crippen LogP) is 13.4. The molecule has 58 heavy (non-hydrogen) atoms. The van der Waals surface area contributed by atoms with Gasteiger partial charge < -0.3 is 0 Å². The Morgan fingerprint density at radius 3 is 1.21 bits per heavy atom. The van der Waals surface area contributed by atoms with E-state index in [0.29, 0.717) is 17.5 Å². The first-order valence-electron chi connectivity index (χ1n) is 19.6. The van der Waals surface area contributed by atoms with Gasteiger partial charge in [-0.15, -0.1) is 0 Å². The largest absolute Gasteiger partial charge is 0.294 e. The first-order valence-corrected chi connectivity index (χ1v) is 19.6. The van der Waals surface area contributed by atoms with E-state index in [4.69, 9.17) is 19.9 Å². The fraction of sp³-hybridized carbons (Fsp3) is 0.0566. The van der Waals surface area contributed by atoms with Crippen LogP contribution in [0, 0.1) is 0 Å². The summed E-state index contributed by atoms with van der Waals surface area (Å²) in [5, 5.41) is 0. The van der Waals surface area contributed by atoms with Crippen molar-refractivity contribution in [3.05, 3.63) is 211 Å². The van der Waals surface area contributed by atoms with Crippen molar-refractivity contribution in [2.24, 2.45) is 0 Å². The van der Waals surface area contributed by atoms with Crippen LogP contribution < -0.4 is 4.90 Å². The third kappa shape index (κ3) is 6.33. The number of anilines is 3. The van der Waals surface area contributed by atoms with Crippen molar-refractivity contribution in [3.8, 4) is 67.5 Å². The van der Waals surface area contributed by atoms with Gasteiger partial charge >= 0.3 is 0 Å². The zero-order valence-electron chi connectivity index (χ0n) is 32.3. The Balaban J connectivity index is 1.26. The molecule has 0 fully saturated rings. The number of benzene rings is 7. The first kappa shape index (κ1) is 35.0. The SMILES string of the molecule is CC1(C)c2ccccc2N(c2ncc(-c3cc(-c4ccccc4)cc(-c4ccccc4)c3)cc2-c2nc(-c3ccccc3)nc(-c3ccccc3)n2)c2ccccc21. The number of rotatable bonds is 7. The zero-order valence-corrected chi connectivity index (χ0v) is 32.3. The second kappa shape index (κ2) is 14.5. The van der Waals surface area contributed by atoms with Gasteiger partial charge in [-0.2, -0.15) is 0 Å². The molecule has 0 radical (unpaired) electrons. The molecule has 0 bridgehead atoms. The molecule has 0 unspecified atom stereocenters. The molecule has 5 heteroatoms. The van der Waals surface area contributed by atoms with Crippen LogP contribution in [0.25, 0.3) is 67.5 Å². The number of aromatic nitrogens is 4. The number of para-hydroxylation sites is 2. The van der Waals surface area contributed by atoms with E-state index in [0.717, 1.165) is 67.3 Å². The Kier molecular flexibility index (Phi) is 8.76. The van der Waals surface area contributed by atoms with E-state index in [2.05, 4.69) is 152 Å². The minimum atomic E-state index is -0.233. The fourth-order valence-electron chi connectivity index (χ4n) is 8.17. The molecule has 1 aliphatic heterocycles. The highest BCUT2D eigenvalue weighted by Crippen LogP contribution is 2.53. The number of pyridine rings is 1. The standard InChI is InChI=1S/C53H39N5/c1-53(2)45-27-15-17-29-47(45)58(48-30-18-16-28-46(48)53)52-44(51-56-49(38-23-11-5-12-24-38)55-50(57-51)39-25-13-6-14-26-39)34-43(35-54-52)42-32-40(36-19-7-3-8-20-36)31-41(33-42)37-21-9-4-10-22-37/h3-35H,1-2H3. The molecule has 276 valence electrons. The van der Waals surface area contributed by atoms with E-state index in [1.807, 2.05) is 66.9 Å². The van der Waals surface area contributed by atoms with Crippen LogP contribution in [0.5, 0.6) is 0 Å². The summed E-state index contributed by atoms with van der Waals surface area (Å²) < 4.78 is 0. The summed E-state index contributed by atoms with van der Waals surface area (Å²) in [6.07, 6.45) is 2.00. The fourth-order valence-corrected chi connectivity index (χ4v) is 8.17. The monoisotopic (exact) mass is 745 g/mol. The molecule has 1 aliphatic rings. The van der Waals surface area contributed by atoms with Gasteiger partial charge in [0.15, 0.2) is 17.5 Å². The van der Waals surface area contributed by atoms with Crippen LogP contribution in [-0.2, 0) is 5.41 Å². The predicted molar refractivity (Wildman–Crippen MR) is 237 cm³/mol. The second-order valence-corrected chi connectivity index (χ2v) is 15.2. The van der Waals surface area contributed by atoms with Gasteiger partial charge in [0.1, 0.15) is 5.82 Å². The molecule has 0 saturated carbocycles. The van der Waals surface area contributed by atoms with E-state index in [1.54, 1.807) is 0 Å². The summed E-state index contributed by atoms with van der Waals surface area (Å²) >= 11 is 0. The van der Waals surface area contributed by atoms with Crippen molar-refractivity contribution in [1.82, 2.24) is 19.9 Å². The Bertz CT molecular complexity index is 2740. The summed E-state index contributed by atoms with van der Waals surface area (Å²) in [6.45, 7) is 4.60. The highest BCUT2D eigenvalue weighted by Gasteiger charge is 2.38. The molecule has 0 N–H and O–H groups in total. The van der Waals surface area contributed by atoms with Crippen molar-refractivity contribution in [1.29, 1.82) is 0 Å². The third-order valence-electron chi connectivity index (χ3n) is 11.1. The van der Waals surface area contributed by atoms with Gasteiger partial charge in [-0.25, -0.2) is 19.9 Å². The van der Waals surface area contributed by atoms with Crippen LogP contribution in [-0.4, -0.2) is 19.9 Å². The van der Waals surface area contributed by atoms with E-state index < -0.39 is 0 Å². The van der Waals surface area contributed by atoms with Gasteiger partial charge in [-0.05, 0) is 75.3 Å². The van der Waals surface area contributed by atoms with Crippen LogP contribution in [0.3, 0.4) is 0 Å². The highest BCUT2D eigenvalue weighted by atomic mass is 15.2. The molecule has 10 rings (SSSR count). The minimum absolute atomic E-state index is 0.233. The maximum Gasteiger partial charge on any atom is 0.167 e. The molecule has 7 aromatic carbocycles. The molecule has 9 aromatic rings. The minimum Gasteiger partial charge on any atom is -0.294 e. The Morgan fingerprint density at radius 1 is 0.362 bits per heavy atom. The van der Waals surface area contributed by atoms with E-state index in [9.17, 15) is 0 Å². The number of fused-ring (bicyclic) bond motifs is 2. The normalized spacial score (nSPS) is 12.8. The van der Waals surface area contributed by atoms with Gasteiger partial charge in [-0.3, -0.25) is 4.90 Å². The first-order chi connectivity index (χ1) is 28.5. The van der Waals surface area contributed by atoms with Gasteiger partial charge in [-0.1, -0.05) is 172 Å². The van der Waals surface area contributed by atoms with Crippen LogP contribution in [0.4, 0.5) is 17.2 Å². The van der Waals surface area contributed by atoms with Gasteiger partial charge in [0.2, 0.25) is 0 Å². The summed E-state index contributed by atoms with van der Waals surface area (Å²) in [5.74, 6) is 2.47. The molecule has 0 saturated heterocycles. The Morgan fingerprint density at radius 2 is 0.741 bits per heavy atom. The molecule has 3 heterocycles. The van der Waals surface area contributed by atoms with Gasteiger partial charge in [0.05, 0.1) is 16.9 Å². The average molecular weight is 746 g/mol. The topological polar surface area (TPSA) is 54.8 Å². The average Bonchev–Trinajstić information content (AvgIpc) is 3.30. The van der Waals surface area contributed by atoms with Crippen LogP contribution >= 0.6 is 0 Å². The molecule has 5 nitrogen and oxygen atoms in total. The number of hydrogen-bond donors (Lipinski definition) is 0. The zero-order chi connectivity index (χ0) is 39.1. The summed E-state index contributed by atoms with van der Waals surface area (Å²) in [4.78, 5) is 23.3.